The number of benzene rings is 3. The molecule has 40 heavy (non-hydrogen) atoms. The fourth-order valence-electron chi connectivity index (χ4n) is 3.97. The number of imide groups is 2. The summed E-state index contributed by atoms with van der Waals surface area (Å²) in [6.07, 6.45) is 2.17. The molecule has 10 heteroatoms. The van der Waals surface area contributed by atoms with Gasteiger partial charge in [0.2, 0.25) is 0 Å². The Morgan fingerprint density at radius 2 is 1.57 bits per heavy atom. The second-order valence-corrected chi connectivity index (χ2v) is 9.67. The van der Waals surface area contributed by atoms with Gasteiger partial charge in [-0.15, -0.1) is 0 Å². The zero-order chi connectivity index (χ0) is 28.6. The van der Waals surface area contributed by atoms with Gasteiger partial charge in [-0.05, 0) is 60.4 Å². The topological polar surface area (TPSA) is 94.2 Å². The summed E-state index contributed by atoms with van der Waals surface area (Å²) in [5.41, 5.74) is 1.71. The van der Waals surface area contributed by atoms with Gasteiger partial charge in [-0.1, -0.05) is 66.5 Å². The number of ether oxygens (including phenoxy) is 3. The summed E-state index contributed by atoms with van der Waals surface area (Å²) in [6, 6.07) is 16.9. The van der Waals surface area contributed by atoms with Crippen LogP contribution in [0.3, 0.4) is 0 Å². The highest BCUT2D eigenvalue weighted by molar-refractivity contribution is 6.37. The van der Waals surface area contributed by atoms with Crippen LogP contribution in [-0.4, -0.2) is 36.0 Å². The Balaban J connectivity index is 1.55. The number of rotatable bonds is 11. The van der Waals surface area contributed by atoms with Crippen LogP contribution in [0.4, 0.5) is 4.79 Å². The van der Waals surface area contributed by atoms with Gasteiger partial charge in [0.25, 0.3) is 11.8 Å². The summed E-state index contributed by atoms with van der Waals surface area (Å²) in [5, 5.41) is 2.64. The van der Waals surface area contributed by atoms with Gasteiger partial charge in [0.05, 0.1) is 29.8 Å². The van der Waals surface area contributed by atoms with Gasteiger partial charge in [-0.3, -0.25) is 19.8 Å². The SMILES string of the molecule is CCCOc1ccc(CN2C(=O)NC(=O)/C(=C\c3cc(Cl)c(OCc4ccccc4)c(Cl)c3)C2=O)cc1OCC. The fourth-order valence-corrected chi connectivity index (χ4v) is 4.58. The smallest absolute Gasteiger partial charge is 0.331 e. The Morgan fingerprint density at radius 3 is 2.25 bits per heavy atom. The van der Waals surface area contributed by atoms with Crippen LogP contribution in [0, 0.1) is 0 Å². The van der Waals surface area contributed by atoms with Crippen molar-refractivity contribution in [2.24, 2.45) is 0 Å². The normalized spacial score (nSPS) is 14.3. The second kappa shape index (κ2) is 13.4. The first kappa shape index (κ1) is 29.0. The van der Waals surface area contributed by atoms with Crippen LogP contribution in [0.25, 0.3) is 6.08 Å². The third kappa shape index (κ3) is 6.94. The lowest BCUT2D eigenvalue weighted by Gasteiger charge is -2.26. The van der Waals surface area contributed by atoms with Gasteiger partial charge < -0.3 is 14.2 Å². The number of amides is 4. The van der Waals surface area contributed by atoms with E-state index < -0.39 is 17.8 Å². The van der Waals surface area contributed by atoms with Crippen molar-refractivity contribution in [3.63, 3.8) is 0 Å². The summed E-state index contributed by atoms with van der Waals surface area (Å²) in [5.74, 6) is -0.218. The van der Waals surface area contributed by atoms with Gasteiger partial charge in [-0.2, -0.15) is 0 Å². The van der Waals surface area contributed by atoms with E-state index in [1.54, 1.807) is 18.2 Å². The summed E-state index contributed by atoms with van der Waals surface area (Å²) in [4.78, 5) is 39.5. The van der Waals surface area contributed by atoms with Gasteiger partial charge >= 0.3 is 6.03 Å². The molecule has 0 spiro atoms. The first-order valence-electron chi connectivity index (χ1n) is 12.7. The number of carbonyl (C=O) groups excluding carboxylic acids is 3. The third-order valence-corrected chi connectivity index (χ3v) is 6.42. The quantitative estimate of drug-likeness (QED) is 0.207. The Labute approximate surface area is 242 Å². The molecule has 0 unspecified atom stereocenters. The number of hydrogen-bond donors (Lipinski definition) is 1. The molecule has 208 valence electrons. The third-order valence-electron chi connectivity index (χ3n) is 5.85. The van der Waals surface area contributed by atoms with Crippen molar-refractivity contribution in [1.82, 2.24) is 10.2 Å². The number of hydrogen-bond acceptors (Lipinski definition) is 6. The van der Waals surface area contributed by atoms with Crippen molar-refractivity contribution >= 4 is 47.1 Å². The monoisotopic (exact) mass is 582 g/mol. The van der Waals surface area contributed by atoms with E-state index in [-0.39, 0.29) is 34.5 Å². The Bertz CT molecular complexity index is 1420. The van der Waals surface area contributed by atoms with Crippen molar-refractivity contribution in [1.29, 1.82) is 0 Å². The molecule has 1 fully saturated rings. The zero-order valence-corrected chi connectivity index (χ0v) is 23.6. The number of barbiturate groups is 1. The van der Waals surface area contributed by atoms with E-state index in [4.69, 9.17) is 37.4 Å². The lowest BCUT2D eigenvalue weighted by Crippen LogP contribution is -2.53. The van der Waals surface area contributed by atoms with Crippen LogP contribution in [0.1, 0.15) is 37.0 Å². The van der Waals surface area contributed by atoms with Crippen LogP contribution < -0.4 is 19.5 Å². The van der Waals surface area contributed by atoms with Crippen molar-refractivity contribution in [2.45, 2.75) is 33.4 Å². The van der Waals surface area contributed by atoms with Crippen molar-refractivity contribution < 1.29 is 28.6 Å². The minimum atomic E-state index is -0.822. The maximum absolute atomic E-state index is 13.3. The van der Waals surface area contributed by atoms with Crippen LogP contribution in [0.5, 0.6) is 17.2 Å². The second-order valence-electron chi connectivity index (χ2n) is 8.86. The minimum Gasteiger partial charge on any atom is -0.490 e. The predicted molar refractivity (Wildman–Crippen MR) is 153 cm³/mol. The molecule has 3 aromatic carbocycles. The van der Waals surface area contributed by atoms with Gasteiger partial charge in [-0.25, -0.2) is 4.79 Å². The molecular weight excluding hydrogens is 555 g/mol. The molecule has 0 atom stereocenters. The molecule has 0 bridgehead atoms. The van der Waals surface area contributed by atoms with Gasteiger partial charge in [0.15, 0.2) is 17.2 Å². The lowest BCUT2D eigenvalue weighted by molar-refractivity contribution is -0.130. The molecule has 3 aromatic rings. The molecule has 1 N–H and O–H groups in total. The van der Waals surface area contributed by atoms with E-state index in [1.807, 2.05) is 44.2 Å². The van der Waals surface area contributed by atoms with E-state index in [0.29, 0.717) is 35.8 Å². The highest BCUT2D eigenvalue weighted by Crippen LogP contribution is 2.36. The molecule has 4 amide bonds. The summed E-state index contributed by atoms with van der Waals surface area (Å²) >= 11 is 12.8. The van der Waals surface area contributed by atoms with E-state index in [0.717, 1.165) is 16.9 Å². The maximum atomic E-state index is 13.3. The van der Waals surface area contributed by atoms with E-state index in [1.165, 1.54) is 18.2 Å². The van der Waals surface area contributed by atoms with E-state index >= 15 is 0 Å². The number of nitrogens with zero attached hydrogens (tertiary/aromatic N) is 1. The van der Waals surface area contributed by atoms with E-state index in [2.05, 4.69) is 5.32 Å². The molecule has 0 aliphatic carbocycles. The van der Waals surface area contributed by atoms with Crippen LogP contribution in [-0.2, 0) is 22.7 Å². The Morgan fingerprint density at radius 1 is 0.850 bits per heavy atom. The van der Waals surface area contributed by atoms with Crippen LogP contribution >= 0.6 is 23.2 Å². The fraction of sp³-hybridized carbons (Fsp3) is 0.233. The summed E-state index contributed by atoms with van der Waals surface area (Å²) in [7, 11) is 0. The van der Waals surface area contributed by atoms with Crippen molar-refractivity contribution in [3.8, 4) is 17.2 Å². The lowest BCUT2D eigenvalue weighted by atomic mass is 10.1. The highest BCUT2D eigenvalue weighted by atomic mass is 35.5. The maximum Gasteiger partial charge on any atom is 0.331 e. The van der Waals surface area contributed by atoms with Crippen molar-refractivity contribution in [3.05, 3.63) is 93.0 Å². The molecule has 0 aromatic heterocycles. The summed E-state index contributed by atoms with van der Waals surface area (Å²) in [6.45, 7) is 4.96. The Hall–Kier alpha value is -4.01. The number of halogens is 2. The van der Waals surface area contributed by atoms with E-state index in [9.17, 15) is 14.4 Å². The molecule has 0 radical (unpaired) electrons. The number of urea groups is 1. The van der Waals surface area contributed by atoms with Gasteiger partial charge in [0.1, 0.15) is 12.2 Å². The first-order valence-corrected chi connectivity index (χ1v) is 13.5. The zero-order valence-electron chi connectivity index (χ0n) is 22.0. The Kier molecular flexibility index (Phi) is 9.69. The van der Waals surface area contributed by atoms with Crippen LogP contribution in [0.2, 0.25) is 10.0 Å². The van der Waals surface area contributed by atoms with Crippen LogP contribution in [0.15, 0.2) is 66.2 Å². The predicted octanol–water partition coefficient (Wildman–Crippen LogP) is 6.42. The standard InChI is InChI=1S/C30H28Cl2N2O6/c1-3-12-39-25-11-10-20(16-26(25)38-4-2)17-34-29(36)22(28(35)33-30(34)37)13-21-14-23(31)27(24(32)15-21)40-18-19-8-6-5-7-9-19/h5-11,13-16H,3-4,12,17-18H2,1-2H3,(H,33,35,37)/b22-13+. The molecule has 0 saturated carbocycles. The number of nitrogens with one attached hydrogen (secondary N) is 1. The highest BCUT2D eigenvalue weighted by Gasteiger charge is 2.36. The molecule has 4 rings (SSSR count). The average molecular weight is 583 g/mol. The molecule has 1 aliphatic heterocycles. The average Bonchev–Trinajstić information content (AvgIpc) is 2.93. The minimum absolute atomic E-state index is 0.0861. The molecule has 1 saturated heterocycles. The number of carbonyl (C=O) groups is 3. The molecule has 8 nitrogen and oxygen atoms in total. The van der Waals surface area contributed by atoms with Gasteiger partial charge in [0, 0.05) is 0 Å². The first-order chi connectivity index (χ1) is 19.3. The molecule has 1 aliphatic rings. The largest absolute Gasteiger partial charge is 0.490 e. The summed E-state index contributed by atoms with van der Waals surface area (Å²) < 4.78 is 17.2. The van der Waals surface area contributed by atoms with Crippen molar-refractivity contribution in [2.75, 3.05) is 13.2 Å². The molecule has 1 heterocycles. The molecular formula is C30H28Cl2N2O6.